The lowest BCUT2D eigenvalue weighted by atomic mass is 10.1. The van der Waals surface area contributed by atoms with Gasteiger partial charge in [0.2, 0.25) is 11.7 Å². The van der Waals surface area contributed by atoms with Gasteiger partial charge >= 0.3 is 0 Å². The molecule has 0 unspecified atom stereocenters. The molecule has 1 amide bonds. The number of rotatable bonds is 10. The van der Waals surface area contributed by atoms with Crippen LogP contribution in [0, 0.1) is 0 Å². The molecule has 0 radical (unpaired) electrons. The van der Waals surface area contributed by atoms with Crippen LogP contribution in [-0.2, 0) is 4.79 Å². The SMILES string of the molecule is COc1ccc(/C=C/C(=O)Nc2c(/C=C/c3cc(OC)c(OC)c(OC)c3)ccc(OC)c2O)cc1O. The fourth-order valence-electron chi connectivity index (χ4n) is 3.55. The number of benzene rings is 3. The van der Waals surface area contributed by atoms with Gasteiger partial charge in [0.1, 0.15) is 0 Å². The number of carbonyl (C=O) groups is 1. The molecule has 0 bridgehead atoms. The maximum atomic E-state index is 12.7. The van der Waals surface area contributed by atoms with Crippen molar-refractivity contribution in [1.82, 2.24) is 0 Å². The van der Waals surface area contributed by atoms with E-state index in [1.165, 1.54) is 53.8 Å². The molecule has 0 saturated heterocycles. The second-order valence-corrected chi connectivity index (χ2v) is 7.63. The number of amides is 1. The van der Waals surface area contributed by atoms with Crippen LogP contribution in [0.5, 0.6) is 40.2 Å². The summed E-state index contributed by atoms with van der Waals surface area (Å²) in [5.41, 5.74) is 2.01. The topological polar surface area (TPSA) is 116 Å². The first-order valence-electron chi connectivity index (χ1n) is 11.1. The van der Waals surface area contributed by atoms with Gasteiger partial charge in [-0.15, -0.1) is 0 Å². The summed E-state index contributed by atoms with van der Waals surface area (Å²) in [5, 5.41) is 23.4. The van der Waals surface area contributed by atoms with Gasteiger partial charge in [0.25, 0.3) is 0 Å². The Bertz CT molecular complexity index is 1300. The third kappa shape index (κ3) is 6.26. The molecule has 0 saturated carbocycles. The number of methoxy groups -OCH3 is 5. The molecule has 3 aromatic carbocycles. The number of phenolic OH excluding ortho intramolecular Hbond substituents is 2. The summed E-state index contributed by atoms with van der Waals surface area (Å²) in [6, 6.07) is 11.6. The Morgan fingerprint density at radius 3 is 1.89 bits per heavy atom. The molecule has 0 aliphatic carbocycles. The van der Waals surface area contributed by atoms with E-state index in [0.717, 1.165) is 5.56 Å². The van der Waals surface area contributed by atoms with E-state index in [9.17, 15) is 15.0 Å². The van der Waals surface area contributed by atoms with E-state index >= 15 is 0 Å². The lowest BCUT2D eigenvalue weighted by molar-refractivity contribution is -0.111. The maximum absolute atomic E-state index is 12.7. The van der Waals surface area contributed by atoms with Gasteiger partial charge < -0.3 is 39.2 Å². The molecule has 194 valence electrons. The van der Waals surface area contributed by atoms with Crippen LogP contribution in [-0.4, -0.2) is 51.7 Å². The number of phenols is 2. The highest BCUT2D eigenvalue weighted by Gasteiger charge is 2.15. The van der Waals surface area contributed by atoms with Crippen LogP contribution in [0.3, 0.4) is 0 Å². The Morgan fingerprint density at radius 1 is 0.703 bits per heavy atom. The lowest BCUT2D eigenvalue weighted by Crippen LogP contribution is -2.09. The average Bonchev–Trinajstić information content (AvgIpc) is 2.91. The first-order valence-corrected chi connectivity index (χ1v) is 11.1. The summed E-state index contributed by atoms with van der Waals surface area (Å²) in [7, 11) is 7.45. The molecule has 3 N–H and O–H groups in total. The highest BCUT2D eigenvalue weighted by Crippen LogP contribution is 2.40. The number of hydrogen-bond acceptors (Lipinski definition) is 8. The van der Waals surface area contributed by atoms with E-state index < -0.39 is 5.91 Å². The molecule has 0 aliphatic rings. The van der Waals surface area contributed by atoms with E-state index in [4.69, 9.17) is 23.7 Å². The van der Waals surface area contributed by atoms with Crippen LogP contribution < -0.4 is 29.0 Å². The standard InChI is InChI=1S/C28H29NO8/c1-33-21-11-7-17(14-20(21)30)8-13-25(31)29-26-19(10-12-22(34-2)27(26)32)9-6-18-15-23(35-3)28(37-5)24(16-18)36-4/h6-16,30,32H,1-5H3,(H,29,31)/b9-6+,13-8+. The predicted molar refractivity (Wildman–Crippen MR) is 142 cm³/mol. The second kappa shape index (κ2) is 12.3. The molecule has 9 heteroatoms. The van der Waals surface area contributed by atoms with Crippen LogP contribution >= 0.6 is 0 Å². The highest BCUT2D eigenvalue weighted by atomic mass is 16.5. The first kappa shape index (κ1) is 26.8. The Morgan fingerprint density at radius 2 is 1.32 bits per heavy atom. The van der Waals surface area contributed by atoms with Crippen molar-refractivity contribution in [2.24, 2.45) is 0 Å². The zero-order valence-corrected chi connectivity index (χ0v) is 21.2. The van der Waals surface area contributed by atoms with Gasteiger partial charge in [-0.05, 0) is 53.6 Å². The summed E-state index contributed by atoms with van der Waals surface area (Å²) in [6.45, 7) is 0. The van der Waals surface area contributed by atoms with E-state index in [1.54, 1.807) is 48.6 Å². The number of hydrogen-bond donors (Lipinski definition) is 3. The van der Waals surface area contributed by atoms with Crippen LogP contribution in [0.4, 0.5) is 5.69 Å². The summed E-state index contributed by atoms with van der Waals surface area (Å²) < 4.78 is 26.4. The summed E-state index contributed by atoms with van der Waals surface area (Å²) in [6.07, 6.45) is 6.31. The van der Waals surface area contributed by atoms with Crippen LogP contribution in [0.2, 0.25) is 0 Å². The molecular formula is C28H29NO8. The van der Waals surface area contributed by atoms with Gasteiger partial charge in [0.15, 0.2) is 34.5 Å². The van der Waals surface area contributed by atoms with Crippen LogP contribution in [0.25, 0.3) is 18.2 Å². The van der Waals surface area contributed by atoms with Gasteiger partial charge in [-0.3, -0.25) is 4.79 Å². The minimum atomic E-state index is -0.499. The van der Waals surface area contributed by atoms with Crippen molar-refractivity contribution in [2.45, 2.75) is 0 Å². The van der Waals surface area contributed by atoms with Crippen LogP contribution in [0.15, 0.2) is 48.5 Å². The van der Waals surface area contributed by atoms with Gasteiger partial charge in [-0.1, -0.05) is 18.2 Å². The van der Waals surface area contributed by atoms with Gasteiger partial charge in [0.05, 0.1) is 41.2 Å². The fraction of sp³-hybridized carbons (Fsp3) is 0.179. The lowest BCUT2D eigenvalue weighted by Gasteiger charge is -2.14. The zero-order valence-electron chi connectivity index (χ0n) is 21.2. The fourth-order valence-corrected chi connectivity index (χ4v) is 3.55. The minimum absolute atomic E-state index is 0.0466. The largest absolute Gasteiger partial charge is 0.504 e. The molecule has 0 aliphatic heterocycles. The van der Waals surface area contributed by atoms with Gasteiger partial charge in [-0.25, -0.2) is 0 Å². The molecule has 3 aromatic rings. The number of anilines is 1. The van der Waals surface area contributed by atoms with Crippen molar-refractivity contribution >= 4 is 29.8 Å². The Kier molecular flexibility index (Phi) is 8.88. The number of ether oxygens (including phenoxy) is 5. The maximum Gasteiger partial charge on any atom is 0.248 e. The molecule has 0 heterocycles. The summed E-state index contributed by atoms with van der Waals surface area (Å²) in [5.74, 6) is 1.20. The molecule has 0 atom stereocenters. The Balaban J connectivity index is 1.91. The number of aromatic hydroxyl groups is 2. The van der Waals surface area contributed by atoms with Gasteiger partial charge in [0, 0.05) is 11.6 Å². The molecule has 0 fully saturated rings. The molecule has 0 spiro atoms. The van der Waals surface area contributed by atoms with Crippen LogP contribution in [0.1, 0.15) is 16.7 Å². The highest BCUT2D eigenvalue weighted by molar-refractivity contribution is 6.04. The Labute approximate surface area is 215 Å². The molecule has 9 nitrogen and oxygen atoms in total. The van der Waals surface area contributed by atoms with E-state index in [-0.39, 0.29) is 22.9 Å². The number of nitrogens with one attached hydrogen (secondary N) is 1. The van der Waals surface area contributed by atoms with Gasteiger partial charge in [-0.2, -0.15) is 0 Å². The zero-order chi connectivity index (χ0) is 26.9. The third-order valence-electron chi connectivity index (χ3n) is 5.41. The van der Waals surface area contributed by atoms with E-state index in [0.29, 0.717) is 34.1 Å². The number of carbonyl (C=O) groups excluding carboxylic acids is 1. The normalized spacial score (nSPS) is 10.9. The smallest absolute Gasteiger partial charge is 0.248 e. The minimum Gasteiger partial charge on any atom is -0.504 e. The Hall–Kier alpha value is -4.79. The molecule has 0 aromatic heterocycles. The van der Waals surface area contributed by atoms with E-state index in [2.05, 4.69) is 5.32 Å². The van der Waals surface area contributed by atoms with Crippen molar-refractivity contribution < 1.29 is 38.7 Å². The summed E-state index contributed by atoms with van der Waals surface area (Å²) in [4.78, 5) is 12.7. The van der Waals surface area contributed by atoms with Crippen molar-refractivity contribution in [3.05, 3.63) is 65.2 Å². The second-order valence-electron chi connectivity index (χ2n) is 7.63. The van der Waals surface area contributed by atoms with Crippen molar-refractivity contribution in [3.8, 4) is 40.2 Å². The molecular weight excluding hydrogens is 478 g/mol. The van der Waals surface area contributed by atoms with Crippen molar-refractivity contribution in [1.29, 1.82) is 0 Å². The predicted octanol–water partition coefficient (Wildman–Crippen LogP) is 4.96. The molecule has 37 heavy (non-hydrogen) atoms. The first-order chi connectivity index (χ1) is 17.8. The average molecular weight is 508 g/mol. The van der Waals surface area contributed by atoms with Crippen molar-refractivity contribution in [3.63, 3.8) is 0 Å². The quantitative estimate of drug-likeness (QED) is 0.200. The monoisotopic (exact) mass is 507 g/mol. The summed E-state index contributed by atoms with van der Waals surface area (Å²) >= 11 is 0. The third-order valence-corrected chi connectivity index (χ3v) is 5.41. The molecule has 3 rings (SSSR count). The van der Waals surface area contributed by atoms with E-state index in [1.807, 2.05) is 0 Å². The van der Waals surface area contributed by atoms with Crippen molar-refractivity contribution in [2.75, 3.05) is 40.9 Å².